The molecule has 2 aromatic carbocycles. The molecule has 0 atom stereocenters. The average molecular weight is 403 g/mol. The summed E-state index contributed by atoms with van der Waals surface area (Å²) in [6.07, 6.45) is 3.46. The van der Waals surface area contributed by atoms with Crippen LogP contribution in [0.15, 0.2) is 53.9 Å². The minimum absolute atomic E-state index is 0.0367. The number of halogens is 2. The molecule has 1 aromatic heterocycles. The zero-order valence-corrected chi connectivity index (χ0v) is 15.3. The van der Waals surface area contributed by atoms with Gasteiger partial charge in [-0.1, -0.05) is 17.8 Å². The van der Waals surface area contributed by atoms with Crippen molar-refractivity contribution in [3.8, 4) is 11.5 Å². The van der Waals surface area contributed by atoms with E-state index in [-0.39, 0.29) is 18.2 Å². The first-order valence-electron chi connectivity index (χ1n) is 8.36. The lowest BCUT2D eigenvalue weighted by Crippen LogP contribution is -2.15. The van der Waals surface area contributed by atoms with E-state index in [2.05, 4.69) is 10.3 Å². The number of anilines is 1. The number of thioether (sulfide) groups is 1. The van der Waals surface area contributed by atoms with Crippen LogP contribution in [0, 0.1) is 11.6 Å². The molecule has 6 nitrogen and oxygen atoms in total. The van der Waals surface area contributed by atoms with E-state index < -0.39 is 17.5 Å². The van der Waals surface area contributed by atoms with Gasteiger partial charge in [-0.15, -0.1) is 0 Å². The fourth-order valence-corrected chi connectivity index (χ4v) is 3.46. The highest BCUT2D eigenvalue weighted by molar-refractivity contribution is 7.99. The number of carbonyl (C=O) groups is 1. The molecule has 0 spiro atoms. The van der Waals surface area contributed by atoms with E-state index in [0.717, 1.165) is 17.7 Å². The summed E-state index contributed by atoms with van der Waals surface area (Å²) in [7, 11) is 0. The normalized spacial score (nSPS) is 12.2. The molecule has 1 aliphatic rings. The number of carbonyl (C=O) groups excluding carboxylic acids is 1. The molecule has 1 aliphatic heterocycles. The third kappa shape index (κ3) is 4.09. The number of nitrogens with one attached hydrogen (secondary N) is 1. The van der Waals surface area contributed by atoms with Crippen molar-refractivity contribution in [3.05, 3.63) is 66.0 Å². The van der Waals surface area contributed by atoms with Gasteiger partial charge in [-0.2, -0.15) is 0 Å². The number of amides is 1. The van der Waals surface area contributed by atoms with Crippen molar-refractivity contribution < 1.29 is 23.0 Å². The highest BCUT2D eigenvalue weighted by Gasteiger charge is 2.15. The predicted molar refractivity (Wildman–Crippen MR) is 99.6 cm³/mol. The summed E-state index contributed by atoms with van der Waals surface area (Å²) in [4.78, 5) is 16.3. The van der Waals surface area contributed by atoms with Gasteiger partial charge in [0.25, 0.3) is 0 Å². The van der Waals surface area contributed by atoms with E-state index in [1.807, 2.05) is 29.0 Å². The van der Waals surface area contributed by atoms with Crippen LogP contribution in [-0.4, -0.2) is 28.0 Å². The molecule has 9 heteroatoms. The standard InChI is InChI=1S/C19H15F2N3O3S/c20-13-2-3-15(14(21)8-13)23-18(25)10-28-19-22-5-6-24(19)9-12-1-4-16-17(7-12)27-11-26-16/h1-8H,9-11H2,(H,23,25). The van der Waals surface area contributed by atoms with E-state index in [1.165, 1.54) is 17.8 Å². The van der Waals surface area contributed by atoms with Crippen molar-refractivity contribution in [1.82, 2.24) is 9.55 Å². The first kappa shape index (κ1) is 18.3. The summed E-state index contributed by atoms with van der Waals surface area (Å²) >= 11 is 1.22. The van der Waals surface area contributed by atoms with E-state index in [0.29, 0.717) is 23.2 Å². The molecule has 0 fully saturated rings. The van der Waals surface area contributed by atoms with Gasteiger partial charge in [0.1, 0.15) is 11.6 Å². The summed E-state index contributed by atoms with van der Waals surface area (Å²) in [5, 5.41) is 3.07. The van der Waals surface area contributed by atoms with Crippen molar-refractivity contribution in [2.75, 3.05) is 17.9 Å². The number of hydrogen-bond acceptors (Lipinski definition) is 5. The van der Waals surface area contributed by atoms with Crippen LogP contribution in [0.3, 0.4) is 0 Å². The zero-order valence-electron chi connectivity index (χ0n) is 14.5. The summed E-state index contributed by atoms with van der Waals surface area (Å²) in [6.45, 7) is 0.766. The van der Waals surface area contributed by atoms with Gasteiger partial charge >= 0.3 is 0 Å². The van der Waals surface area contributed by atoms with Crippen molar-refractivity contribution in [2.45, 2.75) is 11.7 Å². The molecule has 0 unspecified atom stereocenters. The maximum absolute atomic E-state index is 13.6. The predicted octanol–water partition coefficient (Wildman–Crippen LogP) is 3.67. The third-order valence-corrected chi connectivity index (χ3v) is 5.01. The van der Waals surface area contributed by atoms with Gasteiger partial charge in [-0.3, -0.25) is 4.79 Å². The van der Waals surface area contributed by atoms with Crippen molar-refractivity contribution >= 4 is 23.4 Å². The highest BCUT2D eigenvalue weighted by Crippen LogP contribution is 2.33. The first-order chi connectivity index (χ1) is 13.6. The molecular formula is C19H15F2N3O3S. The van der Waals surface area contributed by atoms with Crippen LogP contribution in [0.2, 0.25) is 0 Å². The number of hydrogen-bond donors (Lipinski definition) is 1. The Kier molecular flexibility index (Phi) is 5.16. The number of imidazole rings is 1. The number of rotatable bonds is 6. The number of ether oxygens (including phenoxy) is 2. The lowest BCUT2D eigenvalue weighted by Gasteiger charge is -2.09. The molecule has 144 valence electrons. The number of fused-ring (bicyclic) bond motifs is 1. The van der Waals surface area contributed by atoms with Crippen molar-refractivity contribution in [2.24, 2.45) is 0 Å². The molecule has 1 N–H and O–H groups in total. The number of benzene rings is 2. The average Bonchev–Trinajstić information content (AvgIpc) is 3.31. The van der Waals surface area contributed by atoms with Gasteiger partial charge in [0.2, 0.25) is 12.7 Å². The molecule has 0 saturated heterocycles. The Morgan fingerprint density at radius 3 is 2.89 bits per heavy atom. The summed E-state index contributed by atoms with van der Waals surface area (Å²) in [5.41, 5.74) is 0.942. The SMILES string of the molecule is O=C(CSc1nccn1Cc1ccc2c(c1)OCO2)Nc1ccc(F)cc1F. The maximum atomic E-state index is 13.6. The van der Waals surface area contributed by atoms with Gasteiger partial charge in [0, 0.05) is 25.0 Å². The summed E-state index contributed by atoms with van der Waals surface area (Å²) in [5.74, 6) is -0.470. The van der Waals surface area contributed by atoms with E-state index in [4.69, 9.17) is 9.47 Å². The van der Waals surface area contributed by atoms with Crippen LogP contribution in [-0.2, 0) is 11.3 Å². The molecule has 0 bridgehead atoms. The van der Waals surface area contributed by atoms with Gasteiger partial charge in [0.05, 0.1) is 11.4 Å². The third-order valence-electron chi connectivity index (χ3n) is 4.00. The Labute approximate surface area is 163 Å². The summed E-state index contributed by atoms with van der Waals surface area (Å²) < 4.78 is 39.1. The molecule has 3 aromatic rings. The minimum atomic E-state index is -0.817. The largest absolute Gasteiger partial charge is 0.454 e. The Hall–Kier alpha value is -3.07. The topological polar surface area (TPSA) is 65.4 Å². The van der Waals surface area contributed by atoms with Gasteiger partial charge in [0.15, 0.2) is 16.7 Å². The fourth-order valence-electron chi connectivity index (χ4n) is 2.70. The number of aromatic nitrogens is 2. The number of nitrogens with zero attached hydrogens (tertiary/aromatic N) is 2. The quantitative estimate of drug-likeness (QED) is 0.637. The van der Waals surface area contributed by atoms with Crippen LogP contribution >= 0.6 is 11.8 Å². The second-order valence-corrected chi connectivity index (χ2v) is 6.93. The zero-order chi connectivity index (χ0) is 19.5. The van der Waals surface area contributed by atoms with Crippen LogP contribution in [0.4, 0.5) is 14.5 Å². The van der Waals surface area contributed by atoms with Gasteiger partial charge in [-0.05, 0) is 29.8 Å². The second kappa shape index (κ2) is 7.89. The molecule has 0 saturated carbocycles. The monoisotopic (exact) mass is 403 g/mol. The van der Waals surface area contributed by atoms with Gasteiger partial charge < -0.3 is 19.4 Å². The highest BCUT2D eigenvalue weighted by atomic mass is 32.2. The molecule has 28 heavy (non-hydrogen) atoms. The minimum Gasteiger partial charge on any atom is -0.454 e. The van der Waals surface area contributed by atoms with Crippen LogP contribution in [0.5, 0.6) is 11.5 Å². The van der Waals surface area contributed by atoms with E-state index >= 15 is 0 Å². The van der Waals surface area contributed by atoms with Crippen LogP contribution in [0.25, 0.3) is 0 Å². The molecule has 4 rings (SSSR count). The van der Waals surface area contributed by atoms with Gasteiger partial charge in [-0.25, -0.2) is 13.8 Å². The van der Waals surface area contributed by atoms with Crippen molar-refractivity contribution in [3.63, 3.8) is 0 Å². The molecule has 1 amide bonds. The molecule has 2 heterocycles. The summed E-state index contributed by atoms with van der Waals surface area (Å²) in [6, 6.07) is 8.69. The van der Waals surface area contributed by atoms with Crippen LogP contribution < -0.4 is 14.8 Å². The molecule has 0 radical (unpaired) electrons. The Morgan fingerprint density at radius 2 is 2.04 bits per heavy atom. The van der Waals surface area contributed by atoms with Crippen LogP contribution in [0.1, 0.15) is 5.56 Å². The van der Waals surface area contributed by atoms with E-state index in [9.17, 15) is 13.6 Å². The molecular weight excluding hydrogens is 388 g/mol. The Bertz CT molecular complexity index is 1030. The Balaban J connectivity index is 1.37. The van der Waals surface area contributed by atoms with E-state index in [1.54, 1.807) is 6.20 Å². The Morgan fingerprint density at radius 1 is 1.18 bits per heavy atom. The smallest absolute Gasteiger partial charge is 0.234 e. The lowest BCUT2D eigenvalue weighted by molar-refractivity contribution is -0.113. The molecule has 0 aliphatic carbocycles. The maximum Gasteiger partial charge on any atom is 0.234 e. The first-order valence-corrected chi connectivity index (χ1v) is 9.34. The lowest BCUT2D eigenvalue weighted by atomic mass is 10.2. The van der Waals surface area contributed by atoms with Crippen molar-refractivity contribution in [1.29, 1.82) is 0 Å². The fraction of sp³-hybridized carbons (Fsp3) is 0.158. The second-order valence-electron chi connectivity index (χ2n) is 5.99.